The number of nitrogens with one attached hydrogen (secondary N) is 1. The van der Waals surface area contributed by atoms with Gasteiger partial charge < -0.3 is 23.8 Å². The average molecular weight is 780 g/mol. The lowest BCUT2D eigenvalue weighted by atomic mass is 9.68. The van der Waals surface area contributed by atoms with E-state index in [-0.39, 0.29) is 40.2 Å². The van der Waals surface area contributed by atoms with Crippen molar-refractivity contribution in [3.8, 4) is 11.6 Å². The Morgan fingerprint density at radius 2 is 1.96 bits per heavy atom. The maximum atomic E-state index is 14.9. The predicted molar refractivity (Wildman–Crippen MR) is 208 cm³/mol. The van der Waals surface area contributed by atoms with Gasteiger partial charge in [-0.2, -0.15) is 0 Å². The lowest BCUT2D eigenvalue weighted by molar-refractivity contribution is -0.0000283. The Kier molecular flexibility index (Phi) is 10.6. The van der Waals surface area contributed by atoms with E-state index >= 15 is 0 Å². The Bertz CT molecular complexity index is 2100. The Hall–Kier alpha value is -3.91. The summed E-state index contributed by atoms with van der Waals surface area (Å²) in [5, 5.41) is 4.89. The topological polar surface area (TPSA) is 134 Å². The number of hydrogen-bond acceptors (Lipinski definition) is 9. The molecule has 3 heterocycles. The molecule has 1 spiro atoms. The summed E-state index contributed by atoms with van der Waals surface area (Å²) >= 11 is 6.47. The highest BCUT2D eigenvalue weighted by Crippen LogP contribution is 2.47. The SMILES string of the molecule is COc1nn(C)cc1C(=O)N[S@@]1(=O)=NC(=O)c2ccc3c(c2)N(C[C@@H]2CC[C@H]2[C@@H](OC)/C=C/[C@@](C)(OC)[C@H](C)C1)C[C@@]1(CCCc2cc(Cl)ccc21)CO3. The minimum absolute atomic E-state index is 0.0578. The van der Waals surface area contributed by atoms with Gasteiger partial charge in [0.05, 0.1) is 36.9 Å². The number of amides is 2. The predicted octanol–water partition coefficient (Wildman–Crippen LogP) is 6.16. The first-order chi connectivity index (χ1) is 25.8. The van der Waals surface area contributed by atoms with E-state index in [2.05, 4.69) is 31.2 Å². The monoisotopic (exact) mass is 779 g/mol. The van der Waals surface area contributed by atoms with Crippen LogP contribution in [-0.2, 0) is 38.3 Å². The highest BCUT2D eigenvalue weighted by Gasteiger charge is 2.45. The molecule has 12 nitrogen and oxygen atoms in total. The summed E-state index contributed by atoms with van der Waals surface area (Å²) in [6.07, 6.45) is 10.2. The molecule has 1 N–H and O–H groups in total. The highest BCUT2D eigenvalue weighted by molar-refractivity contribution is 7.92. The van der Waals surface area contributed by atoms with Crippen LogP contribution < -0.4 is 19.1 Å². The summed E-state index contributed by atoms with van der Waals surface area (Å²) in [4.78, 5) is 30.3. The van der Waals surface area contributed by atoms with E-state index in [0.29, 0.717) is 24.8 Å². The van der Waals surface area contributed by atoms with Crippen LogP contribution in [0.25, 0.3) is 0 Å². The average Bonchev–Trinajstić information content (AvgIpc) is 3.46. The van der Waals surface area contributed by atoms with Gasteiger partial charge in [0.2, 0.25) is 5.88 Å². The molecule has 1 saturated carbocycles. The van der Waals surface area contributed by atoms with Crippen LogP contribution in [0.2, 0.25) is 5.02 Å². The van der Waals surface area contributed by atoms with Crippen molar-refractivity contribution in [1.82, 2.24) is 14.5 Å². The minimum Gasteiger partial charge on any atom is -0.490 e. The van der Waals surface area contributed by atoms with Crippen molar-refractivity contribution in [2.75, 3.05) is 51.7 Å². The number of nitrogens with zero attached hydrogens (tertiary/aromatic N) is 4. The molecule has 2 amide bonds. The molecular formula is C40H50ClN5O7S. The molecule has 7 atom stereocenters. The van der Waals surface area contributed by atoms with Crippen molar-refractivity contribution in [2.45, 2.75) is 63.1 Å². The second-order valence-corrected chi connectivity index (χ2v) is 17.9. The van der Waals surface area contributed by atoms with Crippen molar-refractivity contribution < 1.29 is 32.7 Å². The first-order valence-electron chi connectivity index (χ1n) is 18.6. The molecule has 1 fully saturated rings. The van der Waals surface area contributed by atoms with E-state index in [1.165, 1.54) is 29.1 Å². The molecule has 4 aliphatic rings. The van der Waals surface area contributed by atoms with Crippen LogP contribution in [0.4, 0.5) is 5.69 Å². The quantitative estimate of drug-likeness (QED) is 0.303. The van der Waals surface area contributed by atoms with Gasteiger partial charge in [0, 0.05) is 62.5 Å². The summed E-state index contributed by atoms with van der Waals surface area (Å²) in [7, 11) is 2.61. The molecule has 54 heavy (non-hydrogen) atoms. The first-order valence-corrected chi connectivity index (χ1v) is 20.6. The lowest BCUT2D eigenvalue weighted by Gasteiger charge is -2.46. The molecule has 0 radical (unpaired) electrons. The summed E-state index contributed by atoms with van der Waals surface area (Å²) in [5.41, 5.74) is 2.35. The van der Waals surface area contributed by atoms with Gasteiger partial charge in [0.1, 0.15) is 21.2 Å². The number of fused-ring (bicyclic) bond motifs is 4. The number of ether oxygens (including phenoxy) is 4. The Morgan fingerprint density at radius 3 is 2.69 bits per heavy atom. The fourth-order valence-electron chi connectivity index (χ4n) is 8.67. The van der Waals surface area contributed by atoms with Crippen LogP contribution in [0.5, 0.6) is 11.6 Å². The van der Waals surface area contributed by atoms with Gasteiger partial charge in [-0.3, -0.25) is 19.0 Å². The fraction of sp³-hybridized carbons (Fsp3) is 0.525. The fourth-order valence-corrected chi connectivity index (χ4v) is 10.8. The Labute approximate surface area is 322 Å². The van der Waals surface area contributed by atoms with Gasteiger partial charge in [-0.05, 0) is 92.3 Å². The van der Waals surface area contributed by atoms with Crippen molar-refractivity contribution in [2.24, 2.45) is 29.2 Å². The maximum Gasteiger partial charge on any atom is 0.286 e. The lowest BCUT2D eigenvalue weighted by Crippen LogP contribution is -2.49. The molecule has 2 bridgehead atoms. The molecule has 2 aliphatic carbocycles. The number of methoxy groups -OCH3 is 3. The first kappa shape index (κ1) is 38.4. The Morgan fingerprint density at radius 1 is 1.15 bits per heavy atom. The molecule has 7 rings (SSSR count). The van der Waals surface area contributed by atoms with E-state index in [4.69, 9.17) is 30.5 Å². The molecule has 14 heteroatoms. The number of benzene rings is 2. The molecular weight excluding hydrogens is 730 g/mol. The number of carbonyl (C=O) groups is 2. The van der Waals surface area contributed by atoms with Gasteiger partial charge in [-0.15, -0.1) is 9.46 Å². The third-order valence-electron chi connectivity index (χ3n) is 12.1. The molecule has 3 aromatic rings. The smallest absolute Gasteiger partial charge is 0.286 e. The zero-order valence-electron chi connectivity index (χ0n) is 31.8. The van der Waals surface area contributed by atoms with Gasteiger partial charge >= 0.3 is 0 Å². The van der Waals surface area contributed by atoms with Crippen LogP contribution in [0.3, 0.4) is 0 Å². The highest BCUT2D eigenvalue weighted by atomic mass is 35.5. The van der Waals surface area contributed by atoms with E-state index in [1.54, 1.807) is 33.4 Å². The normalized spacial score (nSPS) is 31.5. The molecule has 1 aromatic heterocycles. The molecule has 0 saturated heterocycles. The van der Waals surface area contributed by atoms with Crippen LogP contribution in [0.15, 0.2) is 59.1 Å². The zero-order valence-corrected chi connectivity index (χ0v) is 33.4. The van der Waals surface area contributed by atoms with E-state index in [9.17, 15) is 13.8 Å². The van der Waals surface area contributed by atoms with Crippen LogP contribution in [0, 0.1) is 17.8 Å². The maximum absolute atomic E-state index is 14.9. The van der Waals surface area contributed by atoms with Gasteiger partial charge in [0.25, 0.3) is 11.8 Å². The summed E-state index contributed by atoms with van der Waals surface area (Å²) in [6.45, 7) is 5.65. The number of aryl methyl sites for hydroxylation is 2. The van der Waals surface area contributed by atoms with Gasteiger partial charge in [0.15, 0.2) is 0 Å². The van der Waals surface area contributed by atoms with E-state index < -0.39 is 33.2 Å². The standard InChI is InChI=1S/C40H50ClN5O7S/c1-25-22-54(49,44-37(48)31-21-45(3)42-38(31)51-5)43-36(47)27-10-14-35-33(19-27)46(20-28-9-12-30(28)34(50-4)15-17-39(25,2)52-6)23-40(24-53-35)16-7-8-26-18-29(41)11-13-32(26)40/h10-11,13-15,17-19,21,25,28,30,34H,7-9,12,16,20,22-24H2,1-6H3,(H,43,44,47,48,49)/b17-15+/t25-,28+,30-,34+,39-,40+,54+/m1/s1. The third-order valence-corrected chi connectivity index (χ3v) is 14.3. The number of hydrogen-bond donors (Lipinski definition) is 1. The number of rotatable bonds is 5. The van der Waals surface area contributed by atoms with Crippen LogP contribution in [0.1, 0.15) is 71.4 Å². The summed E-state index contributed by atoms with van der Waals surface area (Å²) in [5.74, 6) is -0.803. The van der Waals surface area contributed by atoms with Gasteiger partial charge in [-0.25, -0.2) is 4.21 Å². The largest absolute Gasteiger partial charge is 0.490 e. The molecule has 2 aliphatic heterocycles. The van der Waals surface area contributed by atoms with Crippen LogP contribution >= 0.6 is 11.6 Å². The van der Waals surface area contributed by atoms with Crippen molar-refractivity contribution in [3.05, 3.63) is 82.0 Å². The van der Waals surface area contributed by atoms with Gasteiger partial charge in [-0.1, -0.05) is 36.7 Å². The number of anilines is 1. The zero-order chi connectivity index (χ0) is 38.4. The van der Waals surface area contributed by atoms with Crippen molar-refractivity contribution in [1.29, 1.82) is 0 Å². The second kappa shape index (κ2) is 15.0. The molecule has 290 valence electrons. The third kappa shape index (κ3) is 7.27. The van der Waals surface area contributed by atoms with E-state index in [1.807, 2.05) is 38.1 Å². The second-order valence-electron chi connectivity index (χ2n) is 15.5. The Balaban J connectivity index is 1.34. The molecule has 0 unspecified atom stereocenters. The van der Waals surface area contributed by atoms with Crippen molar-refractivity contribution in [3.63, 3.8) is 0 Å². The summed E-state index contributed by atoms with van der Waals surface area (Å²) < 4.78 is 47.4. The van der Waals surface area contributed by atoms with Crippen molar-refractivity contribution >= 4 is 39.0 Å². The number of aromatic nitrogens is 2. The number of carbonyl (C=O) groups excluding carboxylic acids is 2. The van der Waals surface area contributed by atoms with E-state index in [0.717, 1.165) is 49.4 Å². The summed E-state index contributed by atoms with van der Waals surface area (Å²) in [6, 6.07) is 11.5. The van der Waals surface area contributed by atoms with Crippen LogP contribution in [-0.4, -0.2) is 84.3 Å². The molecule has 2 aromatic carbocycles. The number of halogens is 1. The minimum atomic E-state index is -3.75.